The second-order valence-electron chi connectivity index (χ2n) is 3.92. The number of aryl methyl sites for hydroxylation is 1. The van der Waals surface area contributed by atoms with Crippen LogP contribution in [0.5, 0.6) is 0 Å². The van der Waals surface area contributed by atoms with Crippen LogP contribution in [-0.2, 0) is 18.3 Å². The largest absolute Gasteiger partial charge is 0.309 e. The Labute approximate surface area is 107 Å². The van der Waals surface area contributed by atoms with Crippen molar-refractivity contribution in [1.29, 1.82) is 0 Å². The lowest BCUT2D eigenvalue weighted by atomic mass is 10.3. The van der Waals surface area contributed by atoms with Gasteiger partial charge in [-0.05, 0) is 0 Å². The number of carbonyl (C=O) groups excluding carboxylic acids is 1. The molecule has 0 aromatic carbocycles. The zero-order valence-corrected chi connectivity index (χ0v) is 10.5. The molecular formula is C11H11N5OS. The van der Waals surface area contributed by atoms with Gasteiger partial charge in [0.15, 0.2) is 10.8 Å². The van der Waals surface area contributed by atoms with E-state index in [4.69, 9.17) is 0 Å². The number of aromatic nitrogens is 4. The molecule has 0 aliphatic rings. The molecule has 3 aromatic heterocycles. The molecule has 3 heterocycles. The van der Waals surface area contributed by atoms with Crippen LogP contribution in [0.25, 0.3) is 4.96 Å². The normalized spacial score (nSPS) is 10.9. The predicted molar refractivity (Wildman–Crippen MR) is 68.6 cm³/mol. The molecule has 0 spiro atoms. The van der Waals surface area contributed by atoms with E-state index in [1.165, 1.54) is 0 Å². The summed E-state index contributed by atoms with van der Waals surface area (Å²) in [5.41, 5.74) is 0.760. The van der Waals surface area contributed by atoms with Crippen molar-refractivity contribution >= 4 is 28.0 Å². The van der Waals surface area contributed by atoms with Crippen LogP contribution >= 0.6 is 11.3 Å². The number of hydrogen-bond acceptors (Lipinski definition) is 4. The van der Waals surface area contributed by atoms with E-state index in [1.54, 1.807) is 35.3 Å². The lowest BCUT2D eigenvalue weighted by Gasteiger charge is -1.98. The van der Waals surface area contributed by atoms with Gasteiger partial charge in [-0.2, -0.15) is 5.10 Å². The maximum atomic E-state index is 11.8. The van der Waals surface area contributed by atoms with Crippen molar-refractivity contribution in [2.75, 3.05) is 5.32 Å². The Morgan fingerprint density at radius 2 is 2.39 bits per heavy atom. The van der Waals surface area contributed by atoms with Crippen LogP contribution in [-0.4, -0.2) is 25.1 Å². The Kier molecular flexibility index (Phi) is 2.60. The van der Waals surface area contributed by atoms with Gasteiger partial charge in [0.1, 0.15) is 0 Å². The van der Waals surface area contributed by atoms with Crippen molar-refractivity contribution in [2.24, 2.45) is 7.05 Å². The summed E-state index contributed by atoms with van der Waals surface area (Å²) in [4.78, 5) is 17.0. The third kappa shape index (κ3) is 2.12. The molecule has 0 unspecified atom stereocenters. The first-order valence-corrected chi connectivity index (χ1v) is 6.29. The highest BCUT2D eigenvalue weighted by atomic mass is 32.1. The zero-order valence-electron chi connectivity index (χ0n) is 9.70. The Bertz CT molecular complexity index is 666. The number of amides is 1. The lowest BCUT2D eigenvalue weighted by Crippen LogP contribution is -2.15. The molecule has 0 fully saturated rings. The summed E-state index contributed by atoms with van der Waals surface area (Å²) in [6, 6.07) is 1.75. The number of rotatable bonds is 3. The highest BCUT2D eigenvalue weighted by molar-refractivity contribution is 7.15. The average molecular weight is 261 g/mol. The highest BCUT2D eigenvalue weighted by Gasteiger charge is 2.09. The Morgan fingerprint density at radius 3 is 3.11 bits per heavy atom. The topological polar surface area (TPSA) is 64.2 Å². The van der Waals surface area contributed by atoms with Gasteiger partial charge in [0.2, 0.25) is 5.91 Å². The second-order valence-corrected chi connectivity index (χ2v) is 4.80. The minimum Gasteiger partial charge on any atom is -0.309 e. The maximum Gasteiger partial charge on any atom is 0.231 e. The molecule has 0 saturated heterocycles. The van der Waals surface area contributed by atoms with Crippen LogP contribution in [0.2, 0.25) is 0 Å². The summed E-state index contributed by atoms with van der Waals surface area (Å²) in [5, 5.41) is 8.78. The maximum absolute atomic E-state index is 11.8. The van der Waals surface area contributed by atoms with E-state index in [-0.39, 0.29) is 12.3 Å². The van der Waals surface area contributed by atoms with Crippen molar-refractivity contribution < 1.29 is 4.79 Å². The monoisotopic (exact) mass is 261 g/mol. The van der Waals surface area contributed by atoms with Gasteiger partial charge in [-0.25, -0.2) is 4.98 Å². The molecule has 3 aromatic rings. The van der Waals surface area contributed by atoms with Crippen molar-refractivity contribution in [3.63, 3.8) is 0 Å². The number of carbonyl (C=O) groups is 1. The summed E-state index contributed by atoms with van der Waals surface area (Å²) in [6.07, 6.45) is 5.82. The molecule has 0 saturated carbocycles. The Hall–Kier alpha value is -2.15. The zero-order chi connectivity index (χ0) is 12.5. The molecule has 0 aliphatic heterocycles. The van der Waals surface area contributed by atoms with Gasteiger partial charge >= 0.3 is 0 Å². The molecule has 0 aliphatic carbocycles. The lowest BCUT2D eigenvalue weighted by molar-refractivity contribution is -0.115. The van der Waals surface area contributed by atoms with Crippen molar-refractivity contribution in [3.05, 3.63) is 35.7 Å². The first kappa shape index (κ1) is 11.0. The minimum absolute atomic E-state index is 0.112. The van der Waals surface area contributed by atoms with E-state index < -0.39 is 0 Å². The van der Waals surface area contributed by atoms with Crippen molar-refractivity contribution in [3.8, 4) is 0 Å². The molecule has 0 bridgehead atoms. The highest BCUT2D eigenvalue weighted by Crippen LogP contribution is 2.12. The van der Waals surface area contributed by atoms with Gasteiger partial charge in [0.05, 0.1) is 12.1 Å². The van der Waals surface area contributed by atoms with Crippen LogP contribution < -0.4 is 5.32 Å². The van der Waals surface area contributed by atoms with Crippen LogP contribution in [0.4, 0.5) is 5.82 Å². The molecule has 1 N–H and O–H groups in total. The SMILES string of the molecule is Cn1ccc(NC(=O)Cc2cn3ccsc3n2)n1. The van der Waals surface area contributed by atoms with E-state index in [0.717, 1.165) is 10.7 Å². The fraction of sp³-hybridized carbons (Fsp3) is 0.182. The van der Waals surface area contributed by atoms with Gasteiger partial charge in [-0.1, -0.05) is 0 Å². The first-order valence-electron chi connectivity index (χ1n) is 5.41. The van der Waals surface area contributed by atoms with Crippen LogP contribution in [0, 0.1) is 0 Å². The van der Waals surface area contributed by atoms with Gasteiger partial charge in [0, 0.05) is 37.1 Å². The molecule has 0 atom stereocenters. The number of imidazole rings is 1. The van der Waals surface area contributed by atoms with Crippen LogP contribution in [0.1, 0.15) is 5.69 Å². The van der Waals surface area contributed by atoms with Gasteiger partial charge in [-0.15, -0.1) is 11.3 Å². The smallest absolute Gasteiger partial charge is 0.231 e. The number of anilines is 1. The molecule has 18 heavy (non-hydrogen) atoms. The number of thiazole rings is 1. The fourth-order valence-electron chi connectivity index (χ4n) is 1.69. The van der Waals surface area contributed by atoms with Crippen LogP contribution in [0.15, 0.2) is 30.0 Å². The van der Waals surface area contributed by atoms with Gasteiger partial charge in [-0.3, -0.25) is 13.9 Å². The summed E-state index contributed by atoms with van der Waals surface area (Å²) in [6.45, 7) is 0. The fourth-order valence-corrected chi connectivity index (χ4v) is 2.41. The van der Waals surface area contributed by atoms with E-state index in [0.29, 0.717) is 5.82 Å². The van der Waals surface area contributed by atoms with E-state index >= 15 is 0 Å². The summed E-state index contributed by atoms with van der Waals surface area (Å²) in [5.74, 6) is 0.447. The number of hydrogen-bond donors (Lipinski definition) is 1. The van der Waals surface area contributed by atoms with Crippen LogP contribution in [0.3, 0.4) is 0 Å². The second kappa shape index (κ2) is 4.26. The van der Waals surface area contributed by atoms with Gasteiger partial charge < -0.3 is 5.32 Å². The number of nitrogens with zero attached hydrogens (tertiary/aromatic N) is 4. The molecule has 92 valence electrons. The predicted octanol–water partition coefficient (Wildman–Crippen LogP) is 1.31. The Balaban J connectivity index is 1.69. The summed E-state index contributed by atoms with van der Waals surface area (Å²) in [7, 11) is 1.80. The molecule has 1 amide bonds. The molecule has 6 nitrogen and oxygen atoms in total. The summed E-state index contributed by atoms with van der Waals surface area (Å²) >= 11 is 1.55. The van der Waals surface area contributed by atoms with E-state index in [2.05, 4.69) is 15.4 Å². The molecule has 0 radical (unpaired) electrons. The molecule has 3 rings (SSSR count). The third-order valence-corrected chi connectivity index (χ3v) is 3.24. The summed E-state index contributed by atoms with van der Waals surface area (Å²) < 4.78 is 3.55. The first-order chi connectivity index (χ1) is 8.70. The standard InChI is InChI=1S/C11H11N5OS/c1-15-3-2-9(14-15)13-10(17)6-8-7-16-4-5-18-11(16)12-8/h2-5,7H,6H2,1H3,(H,13,14,17). The molecule has 7 heteroatoms. The minimum atomic E-state index is -0.112. The van der Waals surface area contributed by atoms with E-state index in [1.807, 2.05) is 22.2 Å². The van der Waals surface area contributed by atoms with Crippen molar-refractivity contribution in [1.82, 2.24) is 19.2 Å². The number of fused-ring (bicyclic) bond motifs is 1. The molecular weight excluding hydrogens is 250 g/mol. The third-order valence-electron chi connectivity index (χ3n) is 2.47. The average Bonchev–Trinajstić information content (AvgIpc) is 2.94. The van der Waals surface area contributed by atoms with Gasteiger partial charge in [0.25, 0.3) is 0 Å². The van der Waals surface area contributed by atoms with E-state index in [9.17, 15) is 4.79 Å². The quantitative estimate of drug-likeness (QED) is 0.773. The number of nitrogens with one attached hydrogen (secondary N) is 1. The van der Waals surface area contributed by atoms with Crippen molar-refractivity contribution in [2.45, 2.75) is 6.42 Å². The Morgan fingerprint density at radius 1 is 1.50 bits per heavy atom.